The van der Waals surface area contributed by atoms with Crippen molar-refractivity contribution in [2.45, 2.75) is 0 Å². The van der Waals surface area contributed by atoms with E-state index < -0.39 is 0 Å². The number of hydrogen-bond donors (Lipinski definition) is 1. The quantitative estimate of drug-likeness (QED) is 0.925. The molecule has 0 radical (unpaired) electrons. The molecule has 1 aromatic heterocycles. The fourth-order valence-electron chi connectivity index (χ4n) is 1.46. The number of pyridine rings is 1. The second-order valence-electron chi connectivity index (χ2n) is 3.63. The summed E-state index contributed by atoms with van der Waals surface area (Å²) in [4.78, 5) is 16.1. The number of rotatable bonds is 3. The largest absolute Gasteiger partial charge is 0.497 e. The molecule has 0 unspecified atom stereocenters. The Balaban J connectivity index is 2.26. The minimum absolute atomic E-state index is 0.293. The molecule has 0 aliphatic rings. The van der Waals surface area contributed by atoms with Crippen LogP contribution in [0.4, 0.5) is 5.69 Å². The number of ether oxygens (including phenoxy) is 1. The number of hydrogen-bond acceptors (Lipinski definition) is 3. The number of nitrogens with zero attached hydrogens (tertiary/aromatic N) is 1. The van der Waals surface area contributed by atoms with Crippen LogP contribution in [-0.2, 0) is 0 Å². The predicted molar refractivity (Wildman–Crippen MR) is 77.9 cm³/mol. The van der Waals surface area contributed by atoms with E-state index in [1.54, 1.807) is 43.6 Å². The van der Waals surface area contributed by atoms with Gasteiger partial charge in [0.25, 0.3) is 5.91 Å². The van der Waals surface area contributed by atoms with Crippen LogP contribution in [0, 0.1) is 0 Å². The molecule has 0 aliphatic heterocycles. The summed E-state index contributed by atoms with van der Waals surface area (Å²) in [6, 6.07) is 8.50. The van der Waals surface area contributed by atoms with E-state index in [2.05, 4.69) is 26.2 Å². The lowest BCUT2D eigenvalue weighted by Crippen LogP contribution is -2.14. The third-order valence-corrected chi connectivity index (χ3v) is 3.36. The van der Waals surface area contributed by atoms with Gasteiger partial charge >= 0.3 is 0 Å². The van der Waals surface area contributed by atoms with Crippen molar-refractivity contribution in [3.63, 3.8) is 0 Å². The highest BCUT2D eigenvalue weighted by Crippen LogP contribution is 2.27. The zero-order valence-electron chi connectivity index (χ0n) is 9.98. The van der Waals surface area contributed by atoms with Gasteiger partial charge in [0.1, 0.15) is 11.4 Å². The smallest absolute Gasteiger partial charge is 0.275 e. The molecule has 0 spiro atoms. The van der Waals surface area contributed by atoms with E-state index in [1.165, 1.54) is 0 Å². The van der Waals surface area contributed by atoms with E-state index in [4.69, 9.17) is 16.3 Å². The third-order valence-electron chi connectivity index (χ3n) is 2.40. The Labute approximate surface area is 123 Å². The van der Waals surface area contributed by atoms with Crippen molar-refractivity contribution in [3.8, 4) is 5.75 Å². The highest BCUT2D eigenvalue weighted by Gasteiger charge is 2.13. The number of aromatic nitrogens is 1. The third kappa shape index (κ3) is 3.24. The van der Waals surface area contributed by atoms with Gasteiger partial charge in [0.15, 0.2) is 0 Å². The van der Waals surface area contributed by atoms with Gasteiger partial charge in [0, 0.05) is 16.7 Å². The van der Waals surface area contributed by atoms with Crippen molar-refractivity contribution in [1.29, 1.82) is 0 Å². The van der Waals surface area contributed by atoms with Crippen molar-refractivity contribution < 1.29 is 9.53 Å². The van der Waals surface area contributed by atoms with Crippen molar-refractivity contribution in [2.75, 3.05) is 12.4 Å². The van der Waals surface area contributed by atoms with E-state index in [-0.39, 0.29) is 5.91 Å². The molecule has 0 saturated heterocycles. The Morgan fingerprint density at radius 3 is 2.89 bits per heavy atom. The molecule has 0 aliphatic carbocycles. The monoisotopic (exact) mass is 340 g/mol. The number of carbonyl (C=O) groups excluding carboxylic acids is 1. The zero-order valence-corrected chi connectivity index (χ0v) is 12.3. The topological polar surface area (TPSA) is 51.2 Å². The van der Waals surface area contributed by atoms with Crippen molar-refractivity contribution in [1.82, 2.24) is 4.98 Å². The summed E-state index contributed by atoms with van der Waals surface area (Å²) in [5.74, 6) is 0.266. The molecule has 0 fully saturated rings. The molecular weight excluding hydrogens is 332 g/mol. The van der Waals surface area contributed by atoms with Crippen LogP contribution >= 0.6 is 27.5 Å². The Bertz CT molecular complexity index is 619. The predicted octanol–water partition coefficient (Wildman–Crippen LogP) is 3.76. The van der Waals surface area contributed by atoms with E-state index in [1.807, 2.05) is 0 Å². The number of nitrogens with one attached hydrogen (secondary N) is 1. The van der Waals surface area contributed by atoms with Gasteiger partial charge in [-0.2, -0.15) is 0 Å². The van der Waals surface area contributed by atoms with Gasteiger partial charge < -0.3 is 10.1 Å². The summed E-state index contributed by atoms with van der Waals surface area (Å²) in [6.45, 7) is 0. The zero-order chi connectivity index (χ0) is 13.8. The Morgan fingerprint density at radius 2 is 2.21 bits per heavy atom. The minimum Gasteiger partial charge on any atom is -0.497 e. The second kappa shape index (κ2) is 6.04. The number of amides is 1. The standard InChI is InChI=1S/C13H10BrClN2O2/c1-19-8-4-5-10(15)11(7-8)17-13(18)12-9(14)3-2-6-16-12/h2-7H,1H3,(H,17,18). The molecule has 1 N–H and O–H groups in total. The van der Waals surface area contributed by atoms with Crippen molar-refractivity contribution in [2.24, 2.45) is 0 Å². The summed E-state index contributed by atoms with van der Waals surface area (Å²) in [7, 11) is 1.55. The van der Waals surface area contributed by atoms with Gasteiger partial charge in [-0.1, -0.05) is 11.6 Å². The van der Waals surface area contributed by atoms with Crippen LogP contribution in [-0.4, -0.2) is 18.0 Å². The SMILES string of the molecule is COc1ccc(Cl)c(NC(=O)c2ncccc2Br)c1. The first kappa shape index (κ1) is 13.8. The first-order valence-corrected chi connectivity index (χ1v) is 6.54. The normalized spacial score (nSPS) is 10.1. The van der Waals surface area contributed by atoms with Crippen LogP contribution in [0.1, 0.15) is 10.5 Å². The molecular formula is C13H10BrClN2O2. The van der Waals surface area contributed by atoms with Crippen LogP contribution in [0.25, 0.3) is 0 Å². The molecule has 19 heavy (non-hydrogen) atoms. The Morgan fingerprint density at radius 1 is 1.42 bits per heavy atom. The van der Waals surface area contributed by atoms with Gasteiger partial charge in [0.2, 0.25) is 0 Å². The van der Waals surface area contributed by atoms with Crippen molar-refractivity contribution in [3.05, 3.63) is 51.7 Å². The van der Waals surface area contributed by atoms with E-state index in [0.717, 1.165) is 0 Å². The van der Waals surface area contributed by atoms with Crippen molar-refractivity contribution >= 4 is 39.1 Å². The van der Waals surface area contributed by atoms with Gasteiger partial charge in [-0.3, -0.25) is 4.79 Å². The van der Waals surface area contributed by atoms with E-state index >= 15 is 0 Å². The first-order valence-electron chi connectivity index (χ1n) is 5.37. The number of benzene rings is 1. The summed E-state index contributed by atoms with van der Waals surface area (Å²) in [5, 5.41) is 3.13. The lowest BCUT2D eigenvalue weighted by molar-refractivity contribution is 0.102. The molecule has 2 rings (SSSR count). The number of halogens is 2. The Hall–Kier alpha value is -1.59. The summed E-state index contributed by atoms with van der Waals surface area (Å²) in [6.07, 6.45) is 1.55. The lowest BCUT2D eigenvalue weighted by Gasteiger charge is -2.09. The number of anilines is 1. The maximum atomic E-state index is 12.1. The Kier molecular flexibility index (Phi) is 4.39. The fourth-order valence-corrected chi connectivity index (χ4v) is 2.06. The molecule has 6 heteroatoms. The fraction of sp³-hybridized carbons (Fsp3) is 0.0769. The van der Waals surface area contributed by atoms with Crippen LogP contribution in [0.2, 0.25) is 5.02 Å². The summed E-state index contributed by atoms with van der Waals surface area (Å²) in [5.41, 5.74) is 0.768. The molecule has 2 aromatic rings. The van der Waals surface area contributed by atoms with Gasteiger partial charge in [-0.05, 0) is 40.2 Å². The summed E-state index contributed by atoms with van der Waals surface area (Å²) < 4.78 is 5.70. The van der Waals surface area contributed by atoms with Gasteiger partial charge in [0.05, 0.1) is 17.8 Å². The molecule has 1 aromatic carbocycles. The van der Waals surface area contributed by atoms with Gasteiger partial charge in [-0.15, -0.1) is 0 Å². The van der Waals surface area contributed by atoms with Crippen LogP contribution in [0.3, 0.4) is 0 Å². The van der Waals surface area contributed by atoms with Crippen LogP contribution < -0.4 is 10.1 Å². The molecule has 0 bridgehead atoms. The van der Waals surface area contributed by atoms with Crippen LogP contribution in [0.15, 0.2) is 41.0 Å². The average molecular weight is 342 g/mol. The second-order valence-corrected chi connectivity index (χ2v) is 4.90. The number of carbonyl (C=O) groups is 1. The minimum atomic E-state index is -0.345. The first-order chi connectivity index (χ1) is 9.11. The lowest BCUT2D eigenvalue weighted by atomic mass is 10.2. The van der Waals surface area contributed by atoms with Crippen LogP contribution in [0.5, 0.6) is 5.75 Å². The summed E-state index contributed by atoms with van der Waals surface area (Å²) >= 11 is 9.30. The highest BCUT2D eigenvalue weighted by atomic mass is 79.9. The van der Waals surface area contributed by atoms with Gasteiger partial charge in [-0.25, -0.2) is 4.98 Å². The maximum Gasteiger partial charge on any atom is 0.275 e. The van der Waals surface area contributed by atoms with E-state index in [0.29, 0.717) is 26.6 Å². The highest BCUT2D eigenvalue weighted by molar-refractivity contribution is 9.10. The molecule has 1 amide bonds. The average Bonchev–Trinajstić information content (AvgIpc) is 2.41. The molecule has 4 nitrogen and oxygen atoms in total. The molecule has 1 heterocycles. The molecule has 0 saturated carbocycles. The molecule has 98 valence electrons. The molecule has 0 atom stereocenters. The van der Waals surface area contributed by atoms with E-state index in [9.17, 15) is 4.79 Å². The number of methoxy groups -OCH3 is 1. The maximum absolute atomic E-state index is 12.1.